The molecule has 1 aromatic carbocycles. The summed E-state index contributed by atoms with van der Waals surface area (Å²) in [4.78, 5) is 38.4. The maximum atomic E-state index is 12.2. The maximum Gasteiger partial charge on any atom is 0.242 e. The van der Waals surface area contributed by atoms with Crippen LogP contribution in [0.15, 0.2) is 30.3 Å². The third-order valence-electron chi connectivity index (χ3n) is 3.81. The number of benzene rings is 1. The summed E-state index contributed by atoms with van der Waals surface area (Å²) in [6.07, 6.45) is 0. The Balaban J connectivity index is 2.11. The molecule has 2 rings (SSSR count). The number of piperazine rings is 1. The molecule has 1 fully saturated rings. The molecular weight excluding hydrogens is 282 g/mol. The monoisotopic (exact) mass is 303 g/mol. The van der Waals surface area contributed by atoms with Gasteiger partial charge in [-0.3, -0.25) is 14.4 Å². The summed E-state index contributed by atoms with van der Waals surface area (Å²) in [6, 6.07) is 9.54. The molecule has 6 nitrogen and oxygen atoms in total. The number of rotatable bonds is 3. The van der Waals surface area contributed by atoms with Crippen LogP contribution in [0.1, 0.15) is 25.5 Å². The Hall–Kier alpha value is -2.37. The van der Waals surface area contributed by atoms with Crippen LogP contribution in [0.3, 0.4) is 0 Å². The van der Waals surface area contributed by atoms with Crippen molar-refractivity contribution in [3.63, 3.8) is 0 Å². The van der Waals surface area contributed by atoms with Crippen LogP contribution >= 0.6 is 0 Å². The van der Waals surface area contributed by atoms with Crippen LogP contribution in [0.4, 0.5) is 0 Å². The minimum Gasteiger partial charge on any atom is -0.347 e. The summed E-state index contributed by atoms with van der Waals surface area (Å²) in [5.41, 5.74) is 1.01. The topological polar surface area (TPSA) is 69.7 Å². The fraction of sp³-hybridized carbons (Fsp3) is 0.438. The average Bonchev–Trinajstić information content (AvgIpc) is 2.52. The molecular formula is C16H21N3O3. The highest BCUT2D eigenvalue weighted by atomic mass is 16.2. The van der Waals surface area contributed by atoms with Gasteiger partial charge in [0, 0.05) is 33.5 Å². The third kappa shape index (κ3) is 3.84. The fourth-order valence-electron chi connectivity index (χ4n) is 2.66. The predicted molar refractivity (Wildman–Crippen MR) is 81.8 cm³/mol. The molecule has 1 N–H and O–H groups in total. The maximum absolute atomic E-state index is 12.2. The Morgan fingerprint density at radius 1 is 1.14 bits per heavy atom. The zero-order valence-electron chi connectivity index (χ0n) is 12.9. The summed E-state index contributed by atoms with van der Waals surface area (Å²) in [6.45, 7) is 4.36. The van der Waals surface area contributed by atoms with Gasteiger partial charge in [0.2, 0.25) is 17.7 Å². The van der Waals surface area contributed by atoms with E-state index in [1.807, 2.05) is 30.3 Å². The first-order valence-corrected chi connectivity index (χ1v) is 7.33. The number of carbonyl (C=O) groups excluding carboxylic acids is 3. The van der Waals surface area contributed by atoms with Crippen molar-refractivity contribution in [2.45, 2.75) is 19.9 Å². The Kier molecular flexibility index (Phi) is 5.14. The minimum atomic E-state index is -0.227. The standard InChI is InChI=1S/C16H21N3O3/c1-12(20)17-10-16(22)18-8-9-19(13(2)21)15(11-18)14-6-4-3-5-7-14/h3-7,15H,8-11H2,1-2H3,(H,17,20)/t15-/m0/s1. The van der Waals surface area contributed by atoms with Gasteiger partial charge in [-0.15, -0.1) is 0 Å². The van der Waals surface area contributed by atoms with E-state index in [1.54, 1.807) is 16.7 Å². The highest BCUT2D eigenvalue weighted by molar-refractivity contribution is 5.84. The second kappa shape index (κ2) is 7.06. The van der Waals surface area contributed by atoms with E-state index in [0.717, 1.165) is 5.56 Å². The number of hydrogen-bond acceptors (Lipinski definition) is 3. The first kappa shape index (κ1) is 16.0. The van der Waals surface area contributed by atoms with Gasteiger partial charge in [0.05, 0.1) is 12.6 Å². The first-order valence-electron chi connectivity index (χ1n) is 7.33. The molecule has 0 radical (unpaired) electrons. The highest BCUT2D eigenvalue weighted by Crippen LogP contribution is 2.25. The smallest absolute Gasteiger partial charge is 0.242 e. The molecule has 1 aromatic rings. The van der Waals surface area contributed by atoms with Crippen molar-refractivity contribution in [1.29, 1.82) is 0 Å². The van der Waals surface area contributed by atoms with E-state index in [1.165, 1.54) is 6.92 Å². The molecule has 0 bridgehead atoms. The Morgan fingerprint density at radius 3 is 2.41 bits per heavy atom. The van der Waals surface area contributed by atoms with E-state index >= 15 is 0 Å². The van der Waals surface area contributed by atoms with Crippen LogP contribution in [0.2, 0.25) is 0 Å². The fourth-order valence-corrected chi connectivity index (χ4v) is 2.66. The summed E-state index contributed by atoms with van der Waals surface area (Å²) >= 11 is 0. The highest BCUT2D eigenvalue weighted by Gasteiger charge is 2.31. The molecule has 1 heterocycles. The second-order valence-electron chi connectivity index (χ2n) is 5.39. The Labute approximate surface area is 130 Å². The Bertz CT molecular complexity index is 559. The van der Waals surface area contributed by atoms with Gasteiger partial charge in [0.1, 0.15) is 0 Å². The molecule has 1 aliphatic heterocycles. The molecule has 22 heavy (non-hydrogen) atoms. The van der Waals surface area contributed by atoms with E-state index in [2.05, 4.69) is 5.32 Å². The number of amides is 3. The molecule has 6 heteroatoms. The van der Waals surface area contributed by atoms with Crippen molar-refractivity contribution in [1.82, 2.24) is 15.1 Å². The molecule has 1 aliphatic rings. The average molecular weight is 303 g/mol. The zero-order chi connectivity index (χ0) is 16.1. The van der Waals surface area contributed by atoms with Gasteiger partial charge in [0.15, 0.2) is 0 Å². The lowest BCUT2D eigenvalue weighted by atomic mass is 10.0. The van der Waals surface area contributed by atoms with E-state index in [-0.39, 0.29) is 30.3 Å². The number of hydrogen-bond donors (Lipinski definition) is 1. The van der Waals surface area contributed by atoms with Gasteiger partial charge in [-0.05, 0) is 5.56 Å². The van der Waals surface area contributed by atoms with Crippen molar-refractivity contribution in [2.75, 3.05) is 26.2 Å². The van der Waals surface area contributed by atoms with Crippen molar-refractivity contribution >= 4 is 17.7 Å². The van der Waals surface area contributed by atoms with Gasteiger partial charge in [0.25, 0.3) is 0 Å². The van der Waals surface area contributed by atoms with Crippen LogP contribution in [-0.4, -0.2) is 53.7 Å². The normalized spacial score (nSPS) is 18.0. The zero-order valence-corrected chi connectivity index (χ0v) is 12.9. The lowest BCUT2D eigenvalue weighted by Gasteiger charge is -2.41. The molecule has 0 saturated carbocycles. The first-order chi connectivity index (χ1) is 10.5. The van der Waals surface area contributed by atoms with Crippen LogP contribution in [0, 0.1) is 0 Å². The van der Waals surface area contributed by atoms with Gasteiger partial charge in [-0.2, -0.15) is 0 Å². The van der Waals surface area contributed by atoms with Crippen molar-refractivity contribution in [3.05, 3.63) is 35.9 Å². The van der Waals surface area contributed by atoms with Crippen LogP contribution in [0.5, 0.6) is 0 Å². The molecule has 0 unspecified atom stereocenters. The largest absolute Gasteiger partial charge is 0.347 e. The third-order valence-corrected chi connectivity index (χ3v) is 3.81. The quantitative estimate of drug-likeness (QED) is 0.887. The number of nitrogens with one attached hydrogen (secondary N) is 1. The van der Waals surface area contributed by atoms with Crippen LogP contribution in [-0.2, 0) is 14.4 Å². The van der Waals surface area contributed by atoms with Gasteiger partial charge < -0.3 is 15.1 Å². The van der Waals surface area contributed by atoms with Crippen LogP contribution in [0.25, 0.3) is 0 Å². The molecule has 0 spiro atoms. The minimum absolute atomic E-state index is 0.00260. The SMILES string of the molecule is CC(=O)NCC(=O)N1CCN(C(C)=O)[C@H](c2ccccc2)C1. The summed E-state index contributed by atoms with van der Waals surface area (Å²) in [5, 5.41) is 2.52. The van der Waals surface area contributed by atoms with Crippen molar-refractivity contribution in [2.24, 2.45) is 0 Å². The van der Waals surface area contributed by atoms with Gasteiger partial charge in [-0.25, -0.2) is 0 Å². The number of carbonyl (C=O) groups is 3. The van der Waals surface area contributed by atoms with Crippen LogP contribution < -0.4 is 5.32 Å². The summed E-state index contributed by atoms with van der Waals surface area (Å²) < 4.78 is 0. The summed E-state index contributed by atoms with van der Waals surface area (Å²) in [7, 11) is 0. The summed E-state index contributed by atoms with van der Waals surface area (Å²) in [5.74, 6) is -0.350. The molecule has 3 amide bonds. The molecule has 1 atom stereocenters. The molecule has 0 aromatic heterocycles. The van der Waals surface area contributed by atoms with E-state index in [0.29, 0.717) is 19.6 Å². The predicted octanol–water partition coefficient (Wildman–Crippen LogP) is 0.555. The van der Waals surface area contributed by atoms with Crippen molar-refractivity contribution in [3.8, 4) is 0 Å². The molecule has 118 valence electrons. The lowest BCUT2D eigenvalue weighted by molar-refractivity contribution is -0.141. The lowest BCUT2D eigenvalue weighted by Crippen LogP contribution is -2.53. The molecule has 1 saturated heterocycles. The van der Waals surface area contributed by atoms with Crippen molar-refractivity contribution < 1.29 is 14.4 Å². The van der Waals surface area contributed by atoms with E-state index in [4.69, 9.17) is 0 Å². The number of nitrogens with zero attached hydrogens (tertiary/aromatic N) is 2. The van der Waals surface area contributed by atoms with E-state index < -0.39 is 0 Å². The van der Waals surface area contributed by atoms with E-state index in [9.17, 15) is 14.4 Å². The Morgan fingerprint density at radius 2 is 1.82 bits per heavy atom. The van der Waals surface area contributed by atoms with Gasteiger partial charge >= 0.3 is 0 Å². The second-order valence-corrected chi connectivity index (χ2v) is 5.39. The van der Waals surface area contributed by atoms with Gasteiger partial charge in [-0.1, -0.05) is 30.3 Å². The molecule has 0 aliphatic carbocycles.